The lowest BCUT2D eigenvalue weighted by Crippen LogP contribution is -2.35. The molecule has 0 bridgehead atoms. The number of aromatic nitrogens is 2. The van der Waals surface area contributed by atoms with Gasteiger partial charge >= 0.3 is 0 Å². The van der Waals surface area contributed by atoms with Crippen LogP contribution in [0.1, 0.15) is 35.9 Å². The fourth-order valence-corrected chi connectivity index (χ4v) is 4.45. The molecule has 4 nitrogen and oxygen atoms in total. The van der Waals surface area contributed by atoms with Gasteiger partial charge in [-0.2, -0.15) is 0 Å². The van der Waals surface area contributed by atoms with Crippen molar-refractivity contribution in [2.75, 3.05) is 20.1 Å². The van der Waals surface area contributed by atoms with Crippen molar-refractivity contribution in [3.63, 3.8) is 0 Å². The van der Waals surface area contributed by atoms with Gasteiger partial charge in [0.15, 0.2) is 0 Å². The Morgan fingerprint density at radius 1 is 1.03 bits per heavy atom. The minimum Gasteiger partial charge on any atom is -0.362 e. The van der Waals surface area contributed by atoms with Crippen LogP contribution < -0.4 is 0 Å². The normalized spacial score (nSPS) is 20.1. The zero-order valence-electron chi connectivity index (χ0n) is 16.7. The molecule has 0 amide bonds. The maximum absolute atomic E-state index is 13.8. The SMILES string of the molecule is CN1CCC(OC2c3ccccc3CCn3cc(-c4cccc(F)c4)nc32)CC1. The molecule has 3 aromatic rings. The second-order valence-corrected chi connectivity index (χ2v) is 8.16. The first-order valence-corrected chi connectivity index (χ1v) is 10.4. The number of hydrogen-bond acceptors (Lipinski definition) is 3. The Labute approximate surface area is 170 Å². The van der Waals surface area contributed by atoms with E-state index in [-0.39, 0.29) is 18.0 Å². The molecule has 5 heteroatoms. The van der Waals surface area contributed by atoms with Crippen LogP contribution in [0.15, 0.2) is 54.7 Å². The highest BCUT2D eigenvalue weighted by Crippen LogP contribution is 2.35. The van der Waals surface area contributed by atoms with E-state index in [1.807, 2.05) is 12.3 Å². The first-order chi connectivity index (χ1) is 14.2. The van der Waals surface area contributed by atoms with Gasteiger partial charge in [0.05, 0.1) is 11.8 Å². The van der Waals surface area contributed by atoms with Crippen LogP contribution in [-0.2, 0) is 17.7 Å². The van der Waals surface area contributed by atoms with Crippen LogP contribution in [0.25, 0.3) is 11.3 Å². The molecule has 0 radical (unpaired) electrons. The van der Waals surface area contributed by atoms with Gasteiger partial charge in [0.1, 0.15) is 17.7 Å². The molecular weight excluding hydrogens is 365 g/mol. The summed E-state index contributed by atoms with van der Waals surface area (Å²) in [7, 11) is 2.16. The molecule has 1 fully saturated rings. The number of fused-ring (bicyclic) bond motifs is 2. The second-order valence-electron chi connectivity index (χ2n) is 8.16. The Hall–Kier alpha value is -2.50. The quantitative estimate of drug-likeness (QED) is 0.661. The molecule has 0 spiro atoms. The van der Waals surface area contributed by atoms with E-state index in [9.17, 15) is 4.39 Å². The van der Waals surface area contributed by atoms with E-state index in [0.29, 0.717) is 0 Å². The smallest absolute Gasteiger partial charge is 0.143 e. The van der Waals surface area contributed by atoms with Gasteiger partial charge in [-0.25, -0.2) is 9.37 Å². The van der Waals surface area contributed by atoms with Gasteiger partial charge in [-0.05, 0) is 49.6 Å². The maximum Gasteiger partial charge on any atom is 0.143 e. The molecule has 5 rings (SSSR count). The van der Waals surface area contributed by atoms with Crippen LogP contribution in [-0.4, -0.2) is 40.7 Å². The summed E-state index contributed by atoms with van der Waals surface area (Å²) in [5.41, 5.74) is 4.14. The molecule has 1 atom stereocenters. The van der Waals surface area contributed by atoms with Crippen LogP contribution in [0.2, 0.25) is 0 Å². The first-order valence-electron chi connectivity index (χ1n) is 10.4. The number of piperidine rings is 1. The third-order valence-corrected chi connectivity index (χ3v) is 6.12. The molecule has 2 aliphatic heterocycles. The topological polar surface area (TPSA) is 30.3 Å². The predicted octanol–water partition coefficient (Wildman–Crippen LogP) is 4.45. The van der Waals surface area contributed by atoms with Gasteiger partial charge in [0.25, 0.3) is 0 Å². The number of likely N-dealkylation sites (tertiary alicyclic amines) is 1. The van der Waals surface area contributed by atoms with E-state index in [0.717, 1.165) is 56.0 Å². The number of ether oxygens (including phenoxy) is 1. The van der Waals surface area contributed by atoms with E-state index in [1.165, 1.54) is 17.2 Å². The van der Waals surface area contributed by atoms with Gasteiger partial charge in [-0.15, -0.1) is 0 Å². The summed E-state index contributed by atoms with van der Waals surface area (Å²) < 4.78 is 22.6. The van der Waals surface area contributed by atoms with Crippen molar-refractivity contribution in [3.8, 4) is 11.3 Å². The highest BCUT2D eigenvalue weighted by Gasteiger charge is 2.30. The Balaban J connectivity index is 1.53. The minimum absolute atomic E-state index is 0.190. The summed E-state index contributed by atoms with van der Waals surface area (Å²) in [6.45, 7) is 2.96. The summed E-state index contributed by atoms with van der Waals surface area (Å²) in [5.74, 6) is 0.684. The van der Waals surface area contributed by atoms with Crippen molar-refractivity contribution in [1.29, 1.82) is 0 Å². The molecule has 29 heavy (non-hydrogen) atoms. The lowest BCUT2D eigenvalue weighted by Gasteiger charge is -2.32. The molecular formula is C24H26FN3O. The molecule has 1 saturated heterocycles. The fraction of sp³-hybridized carbons (Fsp3) is 0.375. The van der Waals surface area contributed by atoms with Crippen LogP contribution in [0.4, 0.5) is 4.39 Å². The van der Waals surface area contributed by atoms with Crippen molar-refractivity contribution in [2.24, 2.45) is 0 Å². The standard InChI is InChI=1S/C24H26FN3O/c1-27-12-10-20(11-13-27)29-23-21-8-3-2-5-17(21)9-14-28-16-22(26-24(23)28)18-6-4-7-19(25)15-18/h2-8,15-16,20,23H,9-14H2,1H3. The predicted molar refractivity (Wildman–Crippen MR) is 111 cm³/mol. The molecule has 1 aromatic heterocycles. The summed E-state index contributed by atoms with van der Waals surface area (Å²) in [5, 5.41) is 0. The number of hydrogen-bond donors (Lipinski definition) is 0. The van der Waals surface area contributed by atoms with Gasteiger partial charge in [0.2, 0.25) is 0 Å². The highest BCUT2D eigenvalue weighted by atomic mass is 19.1. The van der Waals surface area contributed by atoms with E-state index in [2.05, 4.69) is 40.8 Å². The molecule has 0 N–H and O–H groups in total. The van der Waals surface area contributed by atoms with Crippen LogP contribution >= 0.6 is 0 Å². The number of imidazole rings is 1. The zero-order chi connectivity index (χ0) is 19.8. The first kappa shape index (κ1) is 18.5. The van der Waals surface area contributed by atoms with Crippen molar-refractivity contribution >= 4 is 0 Å². The largest absolute Gasteiger partial charge is 0.362 e. The van der Waals surface area contributed by atoms with Gasteiger partial charge in [-0.3, -0.25) is 0 Å². The van der Waals surface area contributed by atoms with Crippen LogP contribution in [0.5, 0.6) is 0 Å². The van der Waals surface area contributed by atoms with Gasteiger partial charge in [0, 0.05) is 31.4 Å². The zero-order valence-corrected chi connectivity index (χ0v) is 16.7. The van der Waals surface area contributed by atoms with E-state index in [4.69, 9.17) is 9.72 Å². The monoisotopic (exact) mass is 391 g/mol. The van der Waals surface area contributed by atoms with Gasteiger partial charge in [-0.1, -0.05) is 36.4 Å². The summed E-state index contributed by atoms with van der Waals surface area (Å²) in [6, 6.07) is 15.2. The van der Waals surface area contributed by atoms with Crippen LogP contribution in [0.3, 0.4) is 0 Å². The molecule has 2 aromatic carbocycles. The number of benzene rings is 2. The number of rotatable bonds is 3. The molecule has 1 unspecified atom stereocenters. The Morgan fingerprint density at radius 3 is 2.69 bits per heavy atom. The van der Waals surface area contributed by atoms with Crippen molar-refractivity contribution in [1.82, 2.24) is 14.5 Å². The fourth-order valence-electron chi connectivity index (χ4n) is 4.45. The van der Waals surface area contributed by atoms with Crippen molar-refractivity contribution in [3.05, 3.63) is 77.5 Å². The third kappa shape index (κ3) is 3.72. The summed E-state index contributed by atoms with van der Waals surface area (Å²) in [4.78, 5) is 7.29. The van der Waals surface area contributed by atoms with Crippen LogP contribution in [0, 0.1) is 5.82 Å². The lowest BCUT2D eigenvalue weighted by atomic mass is 10.00. The minimum atomic E-state index is -0.241. The summed E-state index contributed by atoms with van der Waals surface area (Å²) >= 11 is 0. The third-order valence-electron chi connectivity index (χ3n) is 6.12. The van der Waals surface area contributed by atoms with Crippen molar-refractivity contribution < 1.29 is 9.13 Å². The second kappa shape index (κ2) is 7.73. The summed E-state index contributed by atoms with van der Waals surface area (Å²) in [6.07, 6.45) is 5.09. The Morgan fingerprint density at radius 2 is 1.86 bits per heavy atom. The number of aryl methyl sites for hydroxylation is 2. The van der Waals surface area contributed by atoms with E-state index in [1.54, 1.807) is 12.1 Å². The van der Waals surface area contributed by atoms with Gasteiger partial charge < -0.3 is 14.2 Å². The lowest BCUT2D eigenvalue weighted by molar-refractivity contribution is -0.0275. The average Bonchev–Trinajstić information content (AvgIpc) is 3.10. The number of halogens is 1. The highest BCUT2D eigenvalue weighted by molar-refractivity contribution is 5.59. The number of nitrogens with zero attached hydrogens (tertiary/aromatic N) is 3. The molecule has 150 valence electrons. The maximum atomic E-state index is 13.8. The van der Waals surface area contributed by atoms with E-state index < -0.39 is 0 Å². The molecule has 0 saturated carbocycles. The molecule has 0 aliphatic carbocycles. The van der Waals surface area contributed by atoms with E-state index >= 15 is 0 Å². The molecule has 3 heterocycles. The van der Waals surface area contributed by atoms with Crippen molar-refractivity contribution in [2.45, 2.75) is 38.0 Å². The Bertz CT molecular complexity index is 1010. The Kier molecular flexibility index (Phi) is 4.94. The average molecular weight is 391 g/mol. The molecule has 2 aliphatic rings.